The molecule has 174 valence electrons. The molecule has 7 nitrogen and oxygen atoms in total. The van der Waals surface area contributed by atoms with Crippen LogP contribution in [0.25, 0.3) is 0 Å². The second-order valence-electron chi connectivity index (χ2n) is 7.64. The molecule has 32 heavy (non-hydrogen) atoms. The maximum atomic E-state index is 13.3. The summed E-state index contributed by atoms with van der Waals surface area (Å²) >= 11 is 12.1. The normalized spacial score (nSPS) is 15.1. The molecule has 0 aliphatic carbocycles. The molecular formula is C22H27Cl2N3O4S. The molecule has 0 radical (unpaired) electrons. The van der Waals surface area contributed by atoms with E-state index in [4.69, 9.17) is 27.9 Å². The third-order valence-electron chi connectivity index (χ3n) is 5.18. The Bertz CT molecular complexity index is 1030. The van der Waals surface area contributed by atoms with Gasteiger partial charge in [-0.2, -0.15) is 4.31 Å². The summed E-state index contributed by atoms with van der Waals surface area (Å²) in [5.41, 5.74) is 1.58. The number of benzene rings is 2. The smallest absolute Gasteiger partial charge is 0.243 e. The van der Waals surface area contributed by atoms with Gasteiger partial charge in [0.2, 0.25) is 15.9 Å². The van der Waals surface area contributed by atoms with Crippen LogP contribution < -0.4 is 5.32 Å². The van der Waals surface area contributed by atoms with E-state index in [1.54, 1.807) is 42.5 Å². The van der Waals surface area contributed by atoms with E-state index in [1.165, 1.54) is 0 Å². The van der Waals surface area contributed by atoms with E-state index < -0.39 is 10.0 Å². The minimum atomic E-state index is -3.91. The highest BCUT2D eigenvalue weighted by atomic mass is 35.5. The van der Waals surface area contributed by atoms with Gasteiger partial charge in [0.25, 0.3) is 0 Å². The van der Waals surface area contributed by atoms with Gasteiger partial charge in [0.1, 0.15) is 0 Å². The molecule has 1 aliphatic heterocycles. The number of carbonyl (C=O) groups excluding carboxylic acids is 1. The van der Waals surface area contributed by atoms with Crippen molar-refractivity contribution in [3.8, 4) is 0 Å². The van der Waals surface area contributed by atoms with Gasteiger partial charge in [0.05, 0.1) is 34.7 Å². The van der Waals surface area contributed by atoms with E-state index >= 15 is 0 Å². The highest BCUT2D eigenvalue weighted by Crippen LogP contribution is 2.25. The first-order valence-corrected chi connectivity index (χ1v) is 12.5. The summed E-state index contributed by atoms with van der Waals surface area (Å²) in [4.78, 5) is 15.0. The second kappa shape index (κ2) is 11.4. The van der Waals surface area contributed by atoms with Crippen LogP contribution in [-0.4, -0.2) is 69.5 Å². The Balaban J connectivity index is 1.72. The summed E-state index contributed by atoms with van der Waals surface area (Å²) in [5.74, 6) is -0.367. The molecule has 1 saturated heterocycles. The quantitative estimate of drug-likeness (QED) is 0.573. The van der Waals surface area contributed by atoms with Crippen molar-refractivity contribution in [2.45, 2.75) is 18.4 Å². The van der Waals surface area contributed by atoms with Gasteiger partial charge in [0.15, 0.2) is 0 Å². The second-order valence-corrected chi connectivity index (χ2v) is 10.4. The summed E-state index contributed by atoms with van der Waals surface area (Å²) in [6, 6.07) is 11.5. The third kappa shape index (κ3) is 6.91. The van der Waals surface area contributed by atoms with E-state index in [1.807, 2.05) is 6.92 Å². The SMILES string of the molecule is Cc1ccc(S(=O)(=O)N(CC(=O)NCCN2CCOCC2)Cc2ccc(Cl)c(Cl)c2)cc1. The summed E-state index contributed by atoms with van der Waals surface area (Å²) < 4.78 is 33.1. The summed E-state index contributed by atoms with van der Waals surface area (Å²) in [6.07, 6.45) is 0. The number of amides is 1. The lowest BCUT2D eigenvalue weighted by atomic mass is 10.2. The van der Waals surface area contributed by atoms with Crippen LogP contribution >= 0.6 is 23.2 Å². The Morgan fingerprint density at radius 1 is 1.09 bits per heavy atom. The van der Waals surface area contributed by atoms with Crippen molar-refractivity contribution in [3.05, 3.63) is 63.6 Å². The predicted octanol–water partition coefficient (Wildman–Crippen LogP) is 2.94. The zero-order valence-electron chi connectivity index (χ0n) is 17.9. The number of aryl methyl sites for hydroxylation is 1. The first-order valence-electron chi connectivity index (χ1n) is 10.3. The first kappa shape index (κ1) is 25.0. The average Bonchev–Trinajstić information content (AvgIpc) is 2.77. The number of halogens is 2. The summed E-state index contributed by atoms with van der Waals surface area (Å²) in [5, 5.41) is 3.53. The molecule has 3 rings (SSSR count). The van der Waals surface area contributed by atoms with Crippen LogP contribution in [0.15, 0.2) is 47.4 Å². The van der Waals surface area contributed by atoms with Gasteiger partial charge < -0.3 is 10.1 Å². The van der Waals surface area contributed by atoms with E-state index in [-0.39, 0.29) is 23.9 Å². The Labute approximate surface area is 199 Å². The molecule has 0 atom stereocenters. The Hall–Kier alpha value is -1.68. The predicted molar refractivity (Wildman–Crippen MR) is 126 cm³/mol. The van der Waals surface area contributed by atoms with Crippen molar-refractivity contribution >= 4 is 39.1 Å². The number of nitrogens with zero attached hydrogens (tertiary/aromatic N) is 2. The Morgan fingerprint density at radius 2 is 1.78 bits per heavy atom. The molecule has 10 heteroatoms. The summed E-state index contributed by atoms with van der Waals surface area (Å²) in [6.45, 7) is 5.69. The van der Waals surface area contributed by atoms with E-state index in [2.05, 4.69) is 10.2 Å². The van der Waals surface area contributed by atoms with E-state index in [9.17, 15) is 13.2 Å². The van der Waals surface area contributed by atoms with E-state index in [0.717, 1.165) is 23.0 Å². The average molecular weight is 500 g/mol. The minimum Gasteiger partial charge on any atom is -0.379 e. The van der Waals surface area contributed by atoms with Crippen LogP contribution in [-0.2, 0) is 26.1 Å². The third-order valence-corrected chi connectivity index (χ3v) is 7.72. The van der Waals surface area contributed by atoms with Gasteiger partial charge >= 0.3 is 0 Å². The van der Waals surface area contributed by atoms with Gasteiger partial charge in [-0.05, 0) is 36.8 Å². The molecule has 0 aromatic heterocycles. The van der Waals surface area contributed by atoms with Crippen LogP contribution in [0.5, 0.6) is 0 Å². The zero-order valence-corrected chi connectivity index (χ0v) is 20.2. The minimum absolute atomic E-state index is 0.00994. The fraction of sp³-hybridized carbons (Fsp3) is 0.409. The number of nitrogens with one attached hydrogen (secondary N) is 1. The van der Waals surface area contributed by atoms with Gasteiger partial charge in [-0.15, -0.1) is 0 Å². The molecule has 2 aromatic carbocycles. The number of ether oxygens (including phenoxy) is 1. The van der Waals surface area contributed by atoms with Crippen LogP contribution in [0.1, 0.15) is 11.1 Å². The summed E-state index contributed by atoms with van der Waals surface area (Å²) in [7, 11) is -3.91. The number of sulfonamides is 1. The van der Waals surface area contributed by atoms with Crippen molar-refractivity contribution in [2.75, 3.05) is 45.9 Å². The number of morpholine rings is 1. The number of hydrogen-bond acceptors (Lipinski definition) is 5. The number of carbonyl (C=O) groups is 1. The lowest BCUT2D eigenvalue weighted by Crippen LogP contribution is -2.44. The molecule has 0 spiro atoms. The van der Waals surface area contributed by atoms with Gasteiger partial charge in [0, 0.05) is 32.7 Å². The monoisotopic (exact) mass is 499 g/mol. The fourth-order valence-corrected chi connectivity index (χ4v) is 5.03. The molecule has 1 aliphatic rings. The fourth-order valence-electron chi connectivity index (χ4n) is 3.32. The Kier molecular flexibility index (Phi) is 8.93. The lowest BCUT2D eigenvalue weighted by Gasteiger charge is -2.27. The molecule has 0 unspecified atom stereocenters. The van der Waals surface area contributed by atoms with Gasteiger partial charge in [-0.1, -0.05) is 47.0 Å². The number of hydrogen-bond donors (Lipinski definition) is 1. The van der Waals surface area contributed by atoms with Crippen LogP contribution in [0.4, 0.5) is 0 Å². The van der Waals surface area contributed by atoms with Crippen molar-refractivity contribution in [1.82, 2.24) is 14.5 Å². The van der Waals surface area contributed by atoms with Crippen LogP contribution in [0.2, 0.25) is 10.0 Å². The standard InChI is InChI=1S/C22H27Cl2N3O4S/c1-17-2-5-19(6-3-17)32(29,30)27(15-18-4-7-20(23)21(24)14-18)16-22(28)25-8-9-26-10-12-31-13-11-26/h2-7,14H,8-13,15-16H2,1H3,(H,25,28). The van der Waals surface area contributed by atoms with Crippen molar-refractivity contribution in [2.24, 2.45) is 0 Å². The highest BCUT2D eigenvalue weighted by molar-refractivity contribution is 7.89. The van der Waals surface area contributed by atoms with Gasteiger partial charge in [-0.25, -0.2) is 8.42 Å². The van der Waals surface area contributed by atoms with Crippen molar-refractivity contribution < 1.29 is 17.9 Å². The van der Waals surface area contributed by atoms with Crippen molar-refractivity contribution in [3.63, 3.8) is 0 Å². The largest absolute Gasteiger partial charge is 0.379 e. The van der Waals surface area contributed by atoms with Gasteiger partial charge in [-0.3, -0.25) is 9.69 Å². The van der Waals surface area contributed by atoms with Crippen molar-refractivity contribution in [1.29, 1.82) is 0 Å². The topological polar surface area (TPSA) is 79.0 Å². The molecule has 1 fully saturated rings. The zero-order chi connectivity index (χ0) is 23.1. The van der Waals surface area contributed by atoms with E-state index in [0.29, 0.717) is 41.9 Å². The molecule has 0 bridgehead atoms. The van der Waals surface area contributed by atoms with Crippen LogP contribution in [0, 0.1) is 6.92 Å². The lowest BCUT2D eigenvalue weighted by molar-refractivity contribution is -0.121. The molecule has 1 N–H and O–H groups in total. The Morgan fingerprint density at radius 3 is 2.44 bits per heavy atom. The first-order chi connectivity index (χ1) is 15.3. The molecular weight excluding hydrogens is 473 g/mol. The maximum Gasteiger partial charge on any atom is 0.243 e. The van der Waals surface area contributed by atoms with Crippen LogP contribution in [0.3, 0.4) is 0 Å². The maximum absolute atomic E-state index is 13.3. The molecule has 0 saturated carbocycles. The molecule has 1 amide bonds. The number of rotatable bonds is 9. The highest BCUT2D eigenvalue weighted by Gasteiger charge is 2.27. The molecule has 2 aromatic rings. The molecule has 1 heterocycles.